The molecule has 0 saturated carbocycles. The number of fused-ring (bicyclic) bond motifs is 1. The van der Waals surface area contributed by atoms with Crippen LogP contribution in [-0.4, -0.2) is 27.6 Å². The largest absolute Gasteiger partial charge is 0.383 e. The van der Waals surface area contributed by atoms with Crippen LogP contribution < -0.4 is 11.1 Å². The molecule has 0 unspecified atom stereocenters. The number of aromatic nitrogens is 3. The Hall–Kier alpha value is -1.62. The molecule has 0 aliphatic carbocycles. The van der Waals surface area contributed by atoms with Gasteiger partial charge in [0, 0.05) is 12.2 Å². The summed E-state index contributed by atoms with van der Waals surface area (Å²) >= 11 is 0. The van der Waals surface area contributed by atoms with Gasteiger partial charge < -0.3 is 15.6 Å². The SMILES string of the molecule is CC(C)c1cn(C2CCNCC2)c2ncnc(N)c12. The topological polar surface area (TPSA) is 68.8 Å². The van der Waals surface area contributed by atoms with E-state index in [4.69, 9.17) is 5.73 Å². The van der Waals surface area contributed by atoms with Gasteiger partial charge in [-0.3, -0.25) is 0 Å². The predicted octanol–water partition coefficient (Wildman–Crippen LogP) is 2.06. The number of rotatable bonds is 2. The first kappa shape index (κ1) is 12.4. The summed E-state index contributed by atoms with van der Waals surface area (Å²) in [7, 11) is 0. The summed E-state index contributed by atoms with van der Waals surface area (Å²) in [5.41, 5.74) is 8.31. The summed E-state index contributed by atoms with van der Waals surface area (Å²) in [6.07, 6.45) is 6.09. The molecule has 3 heterocycles. The Kier molecular flexibility index (Phi) is 3.14. The predicted molar refractivity (Wildman–Crippen MR) is 77.2 cm³/mol. The first-order chi connectivity index (χ1) is 9.18. The molecule has 5 nitrogen and oxygen atoms in total. The van der Waals surface area contributed by atoms with Crippen molar-refractivity contribution in [3.8, 4) is 0 Å². The molecule has 0 spiro atoms. The normalized spacial score (nSPS) is 17.4. The maximum absolute atomic E-state index is 6.06. The lowest BCUT2D eigenvalue weighted by molar-refractivity contribution is 0.374. The molecule has 3 rings (SSSR count). The third-order valence-corrected chi connectivity index (χ3v) is 3.99. The minimum Gasteiger partial charge on any atom is -0.383 e. The van der Waals surface area contributed by atoms with Gasteiger partial charge in [0.2, 0.25) is 0 Å². The molecule has 3 N–H and O–H groups in total. The molecule has 2 aromatic heterocycles. The summed E-state index contributed by atoms with van der Waals surface area (Å²) in [5, 5.41) is 4.44. The van der Waals surface area contributed by atoms with E-state index in [1.54, 1.807) is 6.33 Å². The van der Waals surface area contributed by atoms with Gasteiger partial charge in [-0.05, 0) is 37.4 Å². The summed E-state index contributed by atoms with van der Waals surface area (Å²) in [6.45, 7) is 6.52. The number of nitrogens with one attached hydrogen (secondary N) is 1. The third-order valence-electron chi connectivity index (χ3n) is 3.99. The van der Waals surface area contributed by atoms with E-state index in [0.29, 0.717) is 17.8 Å². The molecule has 19 heavy (non-hydrogen) atoms. The summed E-state index contributed by atoms with van der Waals surface area (Å²) in [5.74, 6) is 1.03. The zero-order valence-corrected chi connectivity index (χ0v) is 11.6. The minimum absolute atomic E-state index is 0.429. The molecule has 5 heteroatoms. The van der Waals surface area contributed by atoms with Crippen LogP contribution in [0.1, 0.15) is 44.2 Å². The summed E-state index contributed by atoms with van der Waals surface area (Å²) in [6, 6.07) is 0.519. The lowest BCUT2D eigenvalue weighted by atomic mass is 10.0. The van der Waals surface area contributed by atoms with Crippen molar-refractivity contribution >= 4 is 16.9 Å². The number of hydrogen-bond acceptors (Lipinski definition) is 4. The Morgan fingerprint density at radius 1 is 1.32 bits per heavy atom. The number of nitrogens with zero attached hydrogens (tertiary/aromatic N) is 3. The van der Waals surface area contributed by atoms with E-state index in [1.165, 1.54) is 5.56 Å². The van der Waals surface area contributed by atoms with Crippen molar-refractivity contribution in [1.82, 2.24) is 19.9 Å². The van der Waals surface area contributed by atoms with Crippen LogP contribution >= 0.6 is 0 Å². The Morgan fingerprint density at radius 3 is 2.74 bits per heavy atom. The van der Waals surface area contributed by atoms with E-state index in [1.807, 2.05) is 0 Å². The molecular weight excluding hydrogens is 238 g/mol. The first-order valence-corrected chi connectivity index (χ1v) is 7.00. The number of nitrogens with two attached hydrogens (primary N) is 1. The first-order valence-electron chi connectivity index (χ1n) is 7.00. The third kappa shape index (κ3) is 2.08. The van der Waals surface area contributed by atoms with Gasteiger partial charge in [-0.1, -0.05) is 13.8 Å². The van der Waals surface area contributed by atoms with Crippen LogP contribution in [0.15, 0.2) is 12.5 Å². The van der Waals surface area contributed by atoms with Gasteiger partial charge >= 0.3 is 0 Å². The Morgan fingerprint density at radius 2 is 2.05 bits per heavy atom. The van der Waals surface area contributed by atoms with Crippen LogP contribution in [-0.2, 0) is 0 Å². The van der Waals surface area contributed by atoms with E-state index in [-0.39, 0.29) is 0 Å². The maximum Gasteiger partial charge on any atom is 0.146 e. The molecule has 0 atom stereocenters. The smallest absolute Gasteiger partial charge is 0.146 e. The Balaban J connectivity index is 2.16. The van der Waals surface area contributed by atoms with Gasteiger partial charge in [0.05, 0.1) is 5.39 Å². The molecular formula is C14H21N5. The van der Waals surface area contributed by atoms with Crippen molar-refractivity contribution in [3.05, 3.63) is 18.1 Å². The number of anilines is 1. The van der Waals surface area contributed by atoms with Crippen molar-refractivity contribution in [2.75, 3.05) is 18.8 Å². The quantitative estimate of drug-likeness (QED) is 0.866. The maximum atomic E-state index is 6.06. The fraction of sp³-hybridized carbons (Fsp3) is 0.571. The van der Waals surface area contributed by atoms with Gasteiger partial charge in [0.25, 0.3) is 0 Å². The Bertz CT molecular complexity index is 581. The number of piperidine rings is 1. The zero-order valence-electron chi connectivity index (χ0n) is 11.6. The van der Waals surface area contributed by atoms with Crippen LogP contribution in [0.5, 0.6) is 0 Å². The van der Waals surface area contributed by atoms with Crippen molar-refractivity contribution in [3.63, 3.8) is 0 Å². The molecule has 1 aliphatic rings. The van der Waals surface area contributed by atoms with E-state index in [0.717, 1.165) is 37.0 Å². The highest BCUT2D eigenvalue weighted by Crippen LogP contribution is 2.33. The van der Waals surface area contributed by atoms with Crippen molar-refractivity contribution in [2.45, 2.75) is 38.6 Å². The highest BCUT2D eigenvalue weighted by Gasteiger charge is 2.21. The number of hydrogen-bond donors (Lipinski definition) is 2. The van der Waals surface area contributed by atoms with Crippen LogP contribution in [0.25, 0.3) is 11.0 Å². The van der Waals surface area contributed by atoms with Gasteiger partial charge in [-0.15, -0.1) is 0 Å². The molecule has 102 valence electrons. The van der Waals surface area contributed by atoms with Gasteiger partial charge in [0.1, 0.15) is 17.8 Å². The average molecular weight is 259 g/mol. The van der Waals surface area contributed by atoms with Crippen molar-refractivity contribution < 1.29 is 0 Å². The summed E-state index contributed by atoms with van der Waals surface area (Å²) in [4.78, 5) is 8.62. The van der Waals surface area contributed by atoms with Crippen LogP contribution in [0.3, 0.4) is 0 Å². The van der Waals surface area contributed by atoms with Gasteiger partial charge in [0.15, 0.2) is 0 Å². The lowest BCUT2D eigenvalue weighted by Crippen LogP contribution is -2.29. The summed E-state index contributed by atoms with van der Waals surface area (Å²) < 4.78 is 2.31. The van der Waals surface area contributed by atoms with Crippen molar-refractivity contribution in [2.24, 2.45) is 0 Å². The van der Waals surface area contributed by atoms with Crippen LogP contribution in [0.4, 0.5) is 5.82 Å². The van der Waals surface area contributed by atoms with Gasteiger partial charge in [-0.2, -0.15) is 0 Å². The monoisotopic (exact) mass is 259 g/mol. The van der Waals surface area contributed by atoms with Crippen LogP contribution in [0, 0.1) is 0 Å². The average Bonchev–Trinajstić information content (AvgIpc) is 2.81. The van der Waals surface area contributed by atoms with Gasteiger partial charge in [-0.25, -0.2) is 9.97 Å². The highest BCUT2D eigenvalue weighted by atomic mass is 15.1. The van der Waals surface area contributed by atoms with Crippen LogP contribution in [0.2, 0.25) is 0 Å². The second-order valence-corrected chi connectivity index (χ2v) is 5.59. The molecule has 0 radical (unpaired) electrons. The van der Waals surface area contributed by atoms with E-state index in [2.05, 4.69) is 39.9 Å². The second-order valence-electron chi connectivity index (χ2n) is 5.59. The fourth-order valence-electron chi connectivity index (χ4n) is 2.94. The van der Waals surface area contributed by atoms with E-state index in [9.17, 15) is 0 Å². The standard InChI is InChI=1S/C14H21N5/c1-9(2)11-7-19(10-3-5-16-6-4-10)14-12(11)13(15)17-8-18-14/h7-10,16H,3-6H2,1-2H3,(H2,15,17,18). The fourth-order valence-corrected chi connectivity index (χ4v) is 2.94. The van der Waals surface area contributed by atoms with E-state index >= 15 is 0 Å². The molecule has 0 aromatic carbocycles. The van der Waals surface area contributed by atoms with Crippen molar-refractivity contribution in [1.29, 1.82) is 0 Å². The molecule has 1 saturated heterocycles. The second kappa shape index (κ2) is 4.81. The molecule has 1 fully saturated rings. The lowest BCUT2D eigenvalue weighted by Gasteiger charge is -2.24. The molecule has 1 aliphatic heterocycles. The molecule has 0 amide bonds. The molecule has 0 bridgehead atoms. The highest BCUT2D eigenvalue weighted by molar-refractivity contribution is 5.90. The zero-order chi connectivity index (χ0) is 13.4. The number of nitrogen functional groups attached to an aromatic ring is 1. The molecule has 2 aromatic rings. The minimum atomic E-state index is 0.429. The van der Waals surface area contributed by atoms with E-state index < -0.39 is 0 Å². The Labute approximate surface area is 113 Å².